The second-order valence-corrected chi connectivity index (χ2v) is 15.4. The minimum Gasteiger partial charge on any atom is -0.444 e. The first-order valence-electron chi connectivity index (χ1n) is 18.5. The van der Waals surface area contributed by atoms with Gasteiger partial charge in [-0.2, -0.15) is 0 Å². The topological polar surface area (TPSA) is 54.5 Å². The van der Waals surface area contributed by atoms with Crippen LogP contribution in [0.5, 0.6) is 0 Å². The summed E-state index contributed by atoms with van der Waals surface area (Å²) in [6.45, 7) is 22.5. The average molecular weight is 683 g/mol. The summed E-state index contributed by atoms with van der Waals surface area (Å²) in [4.78, 5) is 23.7. The Labute approximate surface area is 293 Å². The average Bonchev–Trinajstić information content (AvgIpc) is 3.75. The molecule has 272 valence electrons. The molecule has 0 saturated carbocycles. The largest absolute Gasteiger partial charge is 0.444 e. The molecule has 10 heteroatoms. The lowest BCUT2D eigenvalue weighted by molar-refractivity contribution is 0.0139. The molecule has 0 radical (unpaired) electrons. The van der Waals surface area contributed by atoms with Crippen LogP contribution in [0.4, 0.5) is 25.0 Å². The molecule has 2 aromatic rings. The van der Waals surface area contributed by atoms with Crippen LogP contribution in [0.3, 0.4) is 0 Å². The first-order chi connectivity index (χ1) is 23.5. The number of ether oxygens (including phenoxy) is 1. The van der Waals surface area contributed by atoms with Gasteiger partial charge in [-0.25, -0.2) is 4.79 Å². The number of amides is 1. The van der Waals surface area contributed by atoms with Gasteiger partial charge in [0.1, 0.15) is 5.60 Å². The molecule has 0 spiro atoms. The van der Waals surface area contributed by atoms with E-state index >= 15 is 0 Å². The van der Waals surface area contributed by atoms with Gasteiger partial charge >= 0.3 is 6.09 Å². The summed E-state index contributed by atoms with van der Waals surface area (Å²) < 4.78 is 31.5. The maximum absolute atomic E-state index is 13.1. The summed E-state index contributed by atoms with van der Waals surface area (Å²) in [6, 6.07) is 13.0. The number of hydrogen-bond donors (Lipinski definition) is 1. The molecule has 49 heavy (non-hydrogen) atoms. The molecule has 1 N–H and O–H groups in total. The number of aryl methyl sites for hydroxylation is 2. The van der Waals surface area contributed by atoms with E-state index in [4.69, 9.17) is 4.74 Å². The monoisotopic (exact) mass is 682 g/mol. The van der Waals surface area contributed by atoms with E-state index < -0.39 is 5.60 Å². The minimum atomic E-state index is -0.460. The third-order valence-electron chi connectivity index (χ3n) is 10.3. The van der Waals surface area contributed by atoms with E-state index in [1.807, 2.05) is 20.8 Å². The Balaban J connectivity index is 0.000000199. The number of anilines is 2. The maximum Gasteiger partial charge on any atom is 0.410 e. The predicted molar refractivity (Wildman–Crippen MR) is 196 cm³/mol. The lowest BCUT2D eigenvalue weighted by atomic mass is 10.1. The molecule has 6 rings (SSSR count). The van der Waals surface area contributed by atoms with Crippen molar-refractivity contribution >= 4 is 17.5 Å². The van der Waals surface area contributed by atoms with E-state index in [0.717, 1.165) is 91.4 Å². The molecule has 8 nitrogen and oxygen atoms in total. The molecule has 4 fully saturated rings. The van der Waals surface area contributed by atoms with Gasteiger partial charge in [-0.1, -0.05) is 36.4 Å². The maximum atomic E-state index is 13.1. The van der Waals surface area contributed by atoms with Crippen molar-refractivity contribution in [2.45, 2.75) is 66.2 Å². The number of hydrogen-bond acceptors (Lipinski definition) is 7. The fraction of sp³-hybridized carbons (Fsp3) is 0.667. The standard InChI is InChI=1S/C22H34FN3O2.C17H26FN3/c1-17-6-5-7-19(20(17)26-9-8-18(14-23)15-26)16-24-10-12-25(13-11-24)21(27)28-22(2,3)4;1-14-3-2-4-16(13-20-9-6-19-7-10-20)17(14)21-8-5-15(11-18)12-21/h5-7,18H,8-16H2,1-4H3;2-4,15,19H,5-13H2,1H3/t18-;15-/m11/s1. The Morgan fingerprint density at radius 1 is 0.735 bits per heavy atom. The van der Waals surface area contributed by atoms with Crippen molar-refractivity contribution in [3.8, 4) is 0 Å². The highest BCUT2D eigenvalue weighted by Crippen LogP contribution is 2.33. The highest BCUT2D eigenvalue weighted by atomic mass is 19.1. The van der Waals surface area contributed by atoms with Crippen LogP contribution in [0.2, 0.25) is 0 Å². The number of piperazine rings is 2. The van der Waals surface area contributed by atoms with Gasteiger partial charge in [0.05, 0.1) is 13.3 Å². The molecular weight excluding hydrogens is 622 g/mol. The van der Waals surface area contributed by atoms with Gasteiger partial charge in [-0.15, -0.1) is 0 Å². The second-order valence-electron chi connectivity index (χ2n) is 15.4. The van der Waals surface area contributed by atoms with Crippen molar-refractivity contribution in [3.63, 3.8) is 0 Å². The lowest BCUT2D eigenvalue weighted by Gasteiger charge is -2.36. The molecule has 0 unspecified atom stereocenters. The molecule has 0 aliphatic carbocycles. The van der Waals surface area contributed by atoms with Crippen molar-refractivity contribution in [2.75, 3.05) is 102 Å². The van der Waals surface area contributed by atoms with E-state index in [2.05, 4.69) is 75.2 Å². The Hall–Kier alpha value is -2.95. The van der Waals surface area contributed by atoms with Gasteiger partial charge in [0.25, 0.3) is 0 Å². The third kappa shape index (κ3) is 10.3. The van der Waals surface area contributed by atoms with Crippen molar-refractivity contribution < 1.29 is 18.3 Å². The summed E-state index contributed by atoms with van der Waals surface area (Å²) in [5, 5.41) is 3.40. The Bertz CT molecular complexity index is 1360. The first-order valence-corrected chi connectivity index (χ1v) is 18.5. The number of nitrogens with one attached hydrogen (secondary N) is 1. The number of halogens is 2. The van der Waals surface area contributed by atoms with Crippen molar-refractivity contribution in [3.05, 3.63) is 58.7 Å². The van der Waals surface area contributed by atoms with Gasteiger partial charge in [-0.05, 0) is 69.7 Å². The summed E-state index contributed by atoms with van der Waals surface area (Å²) in [5.41, 5.74) is 7.44. The number of carbonyl (C=O) groups is 1. The van der Waals surface area contributed by atoms with Gasteiger partial charge in [0.15, 0.2) is 0 Å². The molecule has 4 aliphatic rings. The lowest BCUT2D eigenvalue weighted by Crippen LogP contribution is -2.49. The first kappa shape index (κ1) is 37.3. The number of carbonyl (C=O) groups excluding carboxylic acids is 1. The van der Waals surface area contributed by atoms with Crippen LogP contribution in [0.25, 0.3) is 0 Å². The molecule has 2 aromatic carbocycles. The third-order valence-corrected chi connectivity index (χ3v) is 10.3. The fourth-order valence-electron chi connectivity index (χ4n) is 7.69. The molecule has 0 bridgehead atoms. The van der Waals surface area contributed by atoms with Crippen LogP contribution in [0.1, 0.15) is 55.9 Å². The quantitative estimate of drug-likeness (QED) is 0.365. The molecule has 0 aromatic heterocycles. The Kier molecular flexibility index (Phi) is 13.2. The molecule has 2 atom stereocenters. The van der Waals surface area contributed by atoms with Crippen LogP contribution in [-0.2, 0) is 17.8 Å². The van der Waals surface area contributed by atoms with Gasteiger partial charge in [0, 0.05) is 115 Å². The van der Waals surface area contributed by atoms with E-state index in [9.17, 15) is 13.6 Å². The number of para-hydroxylation sites is 2. The smallest absolute Gasteiger partial charge is 0.410 e. The van der Waals surface area contributed by atoms with Crippen LogP contribution in [0, 0.1) is 25.7 Å². The van der Waals surface area contributed by atoms with E-state index in [0.29, 0.717) is 13.1 Å². The van der Waals surface area contributed by atoms with Gasteiger partial charge in [0.2, 0.25) is 0 Å². The Morgan fingerprint density at radius 2 is 1.20 bits per heavy atom. The van der Waals surface area contributed by atoms with Crippen LogP contribution < -0.4 is 15.1 Å². The van der Waals surface area contributed by atoms with Crippen molar-refractivity contribution in [2.24, 2.45) is 11.8 Å². The second kappa shape index (κ2) is 17.3. The molecule has 1 amide bonds. The molecule has 4 aliphatic heterocycles. The highest BCUT2D eigenvalue weighted by Gasteiger charge is 2.29. The van der Waals surface area contributed by atoms with Gasteiger partial charge in [-0.3, -0.25) is 18.6 Å². The number of alkyl halides is 2. The number of nitrogens with zero attached hydrogens (tertiary/aromatic N) is 5. The fourth-order valence-corrected chi connectivity index (χ4v) is 7.69. The normalized spacial score (nSPS) is 22.3. The summed E-state index contributed by atoms with van der Waals surface area (Å²) in [7, 11) is 0. The minimum absolute atomic E-state index is 0.157. The SMILES string of the molecule is Cc1cccc(CN2CCN(C(=O)OC(C)(C)C)CC2)c1N1CC[C@H](CF)C1.Cc1cccc(CN2CCNCC2)c1N1CC[C@H](CF)C1. The zero-order chi connectivity index (χ0) is 35.0. The predicted octanol–water partition coefficient (Wildman–Crippen LogP) is 6.04. The van der Waals surface area contributed by atoms with Gasteiger partial charge < -0.3 is 24.8 Å². The van der Waals surface area contributed by atoms with Crippen LogP contribution in [-0.4, -0.2) is 118 Å². The van der Waals surface area contributed by atoms with Crippen LogP contribution >= 0.6 is 0 Å². The molecule has 4 saturated heterocycles. The highest BCUT2D eigenvalue weighted by molar-refractivity contribution is 5.68. The molecular formula is C39H60F2N6O2. The zero-order valence-corrected chi connectivity index (χ0v) is 30.7. The number of benzene rings is 2. The molecule has 4 heterocycles. The number of rotatable bonds is 8. The van der Waals surface area contributed by atoms with E-state index in [1.165, 1.54) is 33.6 Å². The van der Waals surface area contributed by atoms with Crippen molar-refractivity contribution in [1.29, 1.82) is 0 Å². The summed E-state index contributed by atoms with van der Waals surface area (Å²) in [6.07, 6.45) is 1.69. The zero-order valence-electron chi connectivity index (χ0n) is 30.7. The van der Waals surface area contributed by atoms with E-state index in [-0.39, 0.29) is 31.3 Å². The Morgan fingerprint density at radius 3 is 1.63 bits per heavy atom. The van der Waals surface area contributed by atoms with E-state index in [1.54, 1.807) is 4.90 Å². The summed E-state index contributed by atoms with van der Waals surface area (Å²) in [5.74, 6) is 0.376. The summed E-state index contributed by atoms with van der Waals surface area (Å²) >= 11 is 0. The van der Waals surface area contributed by atoms with Crippen LogP contribution in [0.15, 0.2) is 36.4 Å². The van der Waals surface area contributed by atoms with Crippen molar-refractivity contribution in [1.82, 2.24) is 20.0 Å².